The maximum Gasteiger partial charge on any atom is 0.266 e. The first-order valence-electron chi connectivity index (χ1n) is 5.56. The lowest BCUT2D eigenvalue weighted by Gasteiger charge is -2.14. The predicted octanol–water partition coefficient (Wildman–Crippen LogP) is 1.01. The number of thioether (sulfide) groups is 1. The van der Waals surface area contributed by atoms with E-state index in [2.05, 4.69) is 0 Å². The van der Waals surface area contributed by atoms with Gasteiger partial charge in [0.05, 0.1) is 11.2 Å². The number of carboxylic acid groups (broad SMARTS) is 1. The summed E-state index contributed by atoms with van der Waals surface area (Å²) in [5, 5.41) is 10.3. The molecule has 1 aromatic rings. The number of aliphatic carboxylic acids is 1. The molecule has 0 aliphatic carbocycles. The molecule has 5 nitrogen and oxygen atoms in total. The molecule has 0 bridgehead atoms. The first-order valence-corrected chi connectivity index (χ1v) is 6.79. The monoisotopic (exact) mass is 296 g/mol. The van der Waals surface area contributed by atoms with Gasteiger partial charge in [0.25, 0.3) is 5.91 Å². The molecule has 2 heterocycles. The average Bonchev–Trinajstić information content (AvgIpc) is 2.93. The van der Waals surface area contributed by atoms with Crippen LogP contribution in [0.1, 0.15) is 18.6 Å². The van der Waals surface area contributed by atoms with Gasteiger partial charge in [-0.2, -0.15) is 0 Å². The van der Waals surface area contributed by atoms with Crippen LogP contribution in [0, 0.1) is 0 Å². The van der Waals surface area contributed by atoms with E-state index in [9.17, 15) is 14.7 Å². The Labute approximate surface area is 119 Å². The van der Waals surface area contributed by atoms with E-state index >= 15 is 0 Å². The van der Waals surface area contributed by atoms with E-state index in [-0.39, 0.29) is 18.9 Å². The van der Waals surface area contributed by atoms with Crippen molar-refractivity contribution in [3.05, 3.63) is 29.1 Å². The predicted molar refractivity (Wildman–Crippen MR) is 72.8 cm³/mol. The van der Waals surface area contributed by atoms with Gasteiger partial charge in [0.1, 0.15) is 10.1 Å². The van der Waals surface area contributed by atoms with Crippen molar-refractivity contribution in [2.24, 2.45) is 0 Å². The van der Waals surface area contributed by atoms with Crippen LogP contribution in [0.2, 0.25) is 0 Å². The lowest BCUT2D eigenvalue weighted by molar-refractivity contribution is -0.305. The summed E-state index contributed by atoms with van der Waals surface area (Å²) < 4.78 is 5.57. The molecule has 0 unspecified atom stereocenters. The van der Waals surface area contributed by atoms with E-state index in [4.69, 9.17) is 16.6 Å². The Balaban J connectivity index is 2.02. The van der Waals surface area contributed by atoms with Gasteiger partial charge in [0, 0.05) is 18.6 Å². The fourth-order valence-electron chi connectivity index (χ4n) is 1.58. The van der Waals surface area contributed by atoms with Gasteiger partial charge in [-0.25, -0.2) is 0 Å². The highest BCUT2D eigenvalue weighted by molar-refractivity contribution is 8.26. The summed E-state index contributed by atoms with van der Waals surface area (Å²) in [7, 11) is 0. The molecule has 0 saturated carbocycles. The molecule has 19 heavy (non-hydrogen) atoms. The Morgan fingerprint density at radius 2 is 2.37 bits per heavy atom. The summed E-state index contributed by atoms with van der Waals surface area (Å²) >= 11 is 6.29. The number of furan rings is 1. The number of thiocarbonyl (C=S) groups is 1. The van der Waals surface area contributed by atoms with Crippen molar-refractivity contribution in [1.82, 2.24) is 4.90 Å². The summed E-state index contributed by atoms with van der Waals surface area (Å²) in [5.41, 5.74) is 0. The number of nitrogens with zero attached hydrogens (tertiary/aromatic N) is 1. The highest BCUT2D eigenvalue weighted by Gasteiger charge is 2.31. The first-order chi connectivity index (χ1) is 9.08. The number of amides is 1. The highest BCUT2D eigenvalue weighted by atomic mass is 32.2. The Morgan fingerprint density at radius 1 is 1.58 bits per heavy atom. The van der Waals surface area contributed by atoms with Crippen LogP contribution >= 0.6 is 24.0 Å². The Hall–Kier alpha value is -1.60. The molecule has 1 aromatic heterocycles. The van der Waals surface area contributed by atoms with E-state index < -0.39 is 5.97 Å². The third-order valence-corrected chi connectivity index (χ3v) is 3.83. The molecular weight excluding hydrogens is 286 g/mol. The molecule has 0 radical (unpaired) electrons. The van der Waals surface area contributed by atoms with Gasteiger partial charge >= 0.3 is 0 Å². The van der Waals surface area contributed by atoms with Gasteiger partial charge in [-0.15, -0.1) is 0 Å². The molecular formula is C12H10NO4S2-. The number of carboxylic acids is 1. The van der Waals surface area contributed by atoms with Gasteiger partial charge in [-0.1, -0.05) is 24.0 Å². The second kappa shape index (κ2) is 6.03. The van der Waals surface area contributed by atoms with E-state index in [0.717, 1.165) is 0 Å². The van der Waals surface area contributed by atoms with Crippen LogP contribution < -0.4 is 5.11 Å². The maximum atomic E-state index is 12.1. The molecule has 0 aromatic carbocycles. The average molecular weight is 296 g/mol. The largest absolute Gasteiger partial charge is 0.550 e. The second-order valence-corrected chi connectivity index (χ2v) is 5.50. The van der Waals surface area contributed by atoms with E-state index in [0.29, 0.717) is 21.4 Å². The van der Waals surface area contributed by atoms with Crippen LogP contribution in [0.15, 0.2) is 27.7 Å². The molecule has 100 valence electrons. The van der Waals surface area contributed by atoms with Gasteiger partial charge in [-0.05, 0) is 25.0 Å². The molecule has 1 aliphatic heterocycles. The number of rotatable bonds is 5. The quantitative estimate of drug-likeness (QED) is 0.596. The van der Waals surface area contributed by atoms with Gasteiger partial charge in [0.2, 0.25) is 0 Å². The summed E-state index contributed by atoms with van der Waals surface area (Å²) in [4.78, 5) is 24.3. The SMILES string of the molecule is O=C([O-])CCCN1C(=O)C(=Cc2ccco2)SC1=S. The molecule has 0 atom stereocenters. The lowest BCUT2D eigenvalue weighted by atomic mass is 10.3. The van der Waals surface area contributed by atoms with Gasteiger partial charge < -0.3 is 14.3 Å². The van der Waals surface area contributed by atoms with Crippen molar-refractivity contribution in [1.29, 1.82) is 0 Å². The van der Waals surface area contributed by atoms with Crippen LogP contribution in [0.5, 0.6) is 0 Å². The lowest BCUT2D eigenvalue weighted by Crippen LogP contribution is -2.30. The minimum atomic E-state index is -1.13. The summed E-state index contributed by atoms with van der Waals surface area (Å²) in [6.07, 6.45) is 3.38. The molecule has 1 fully saturated rings. The third-order valence-electron chi connectivity index (χ3n) is 2.45. The molecule has 1 amide bonds. The van der Waals surface area contributed by atoms with Crippen LogP contribution in [0.3, 0.4) is 0 Å². The fourth-order valence-corrected chi connectivity index (χ4v) is 2.87. The van der Waals surface area contributed by atoms with Crippen molar-refractivity contribution in [2.45, 2.75) is 12.8 Å². The zero-order valence-corrected chi connectivity index (χ0v) is 11.5. The summed E-state index contributed by atoms with van der Waals surface area (Å²) in [6, 6.07) is 3.47. The van der Waals surface area contributed by atoms with Crippen LogP contribution in [0.25, 0.3) is 6.08 Å². The van der Waals surface area contributed by atoms with Gasteiger partial charge in [-0.3, -0.25) is 9.69 Å². The minimum Gasteiger partial charge on any atom is -0.550 e. The van der Waals surface area contributed by atoms with Crippen molar-refractivity contribution in [2.75, 3.05) is 6.54 Å². The molecule has 7 heteroatoms. The fraction of sp³-hybridized carbons (Fsp3) is 0.250. The molecule has 1 aliphatic rings. The number of carbonyl (C=O) groups excluding carboxylic acids is 2. The Morgan fingerprint density at radius 3 is 3.00 bits per heavy atom. The minimum absolute atomic E-state index is 0.0890. The molecule has 0 N–H and O–H groups in total. The zero-order chi connectivity index (χ0) is 13.8. The highest BCUT2D eigenvalue weighted by Crippen LogP contribution is 2.32. The number of hydrogen-bond acceptors (Lipinski definition) is 6. The smallest absolute Gasteiger partial charge is 0.266 e. The normalized spacial score (nSPS) is 17.5. The standard InChI is InChI=1S/C12H11NO4S2/c14-10(15)4-1-5-13-11(16)9(19-12(13)18)7-8-3-2-6-17-8/h2-3,6-7H,1,4-5H2,(H,14,15)/p-1. The summed E-state index contributed by atoms with van der Waals surface area (Å²) in [6.45, 7) is 0.286. The van der Waals surface area contributed by atoms with Crippen molar-refractivity contribution in [3.8, 4) is 0 Å². The van der Waals surface area contributed by atoms with Crippen LogP contribution in [0.4, 0.5) is 0 Å². The Kier molecular flexibility index (Phi) is 4.39. The topological polar surface area (TPSA) is 73.6 Å². The molecule has 2 rings (SSSR count). The molecule has 1 saturated heterocycles. The summed E-state index contributed by atoms with van der Waals surface area (Å²) in [5.74, 6) is -0.767. The molecule has 0 spiro atoms. The van der Waals surface area contributed by atoms with Crippen molar-refractivity contribution >= 4 is 46.3 Å². The van der Waals surface area contributed by atoms with Crippen molar-refractivity contribution < 1.29 is 19.1 Å². The van der Waals surface area contributed by atoms with Crippen LogP contribution in [-0.2, 0) is 9.59 Å². The van der Waals surface area contributed by atoms with Gasteiger partial charge in [0.15, 0.2) is 0 Å². The van der Waals surface area contributed by atoms with Crippen molar-refractivity contribution in [3.63, 3.8) is 0 Å². The Bertz CT molecular complexity index is 536. The first kappa shape index (κ1) is 13.8. The maximum absolute atomic E-state index is 12.1. The van der Waals surface area contributed by atoms with E-state index in [1.807, 2.05) is 0 Å². The van der Waals surface area contributed by atoms with E-state index in [1.165, 1.54) is 22.9 Å². The van der Waals surface area contributed by atoms with Crippen LogP contribution in [-0.4, -0.2) is 27.6 Å². The van der Waals surface area contributed by atoms with E-state index in [1.54, 1.807) is 18.2 Å². The number of carbonyl (C=O) groups is 2. The number of hydrogen-bond donors (Lipinski definition) is 0. The second-order valence-electron chi connectivity index (χ2n) is 3.82. The third kappa shape index (κ3) is 3.45. The zero-order valence-electron chi connectivity index (χ0n) is 9.83.